The van der Waals surface area contributed by atoms with Crippen LogP contribution >= 0.6 is 0 Å². The van der Waals surface area contributed by atoms with E-state index >= 15 is 0 Å². The molecule has 2 heterocycles. The van der Waals surface area contributed by atoms with Gasteiger partial charge in [0.1, 0.15) is 11.5 Å². The van der Waals surface area contributed by atoms with Crippen LogP contribution in [0.25, 0.3) is 0 Å². The van der Waals surface area contributed by atoms with Gasteiger partial charge in [-0.3, -0.25) is 9.59 Å². The third-order valence-electron chi connectivity index (χ3n) is 2.33. The van der Waals surface area contributed by atoms with Crippen molar-refractivity contribution in [2.45, 2.75) is 32.7 Å². The maximum Gasteiger partial charge on any atom is 0.233 e. The standard InChI is InChI=1S/C10H13N3O2/c1-10(2,3)13-5-11-8-6(14)4-7(15)12-9(8)13/h5H,4H2,1-3H3,(H,12,15). The molecule has 1 N–H and O–H groups in total. The average molecular weight is 207 g/mol. The molecule has 0 unspecified atom stereocenters. The number of Topliss-reactive ketones (excluding diaryl/α,β-unsaturated/α-hetero) is 1. The summed E-state index contributed by atoms with van der Waals surface area (Å²) in [6, 6.07) is 0. The molecule has 0 radical (unpaired) electrons. The molecule has 80 valence electrons. The Balaban J connectivity index is 2.55. The van der Waals surface area contributed by atoms with Gasteiger partial charge in [-0.1, -0.05) is 0 Å². The molecule has 15 heavy (non-hydrogen) atoms. The number of hydrogen-bond acceptors (Lipinski definition) is 3. The number of ketones is 1. The highest BCUT2D eigenvalue weighted by Gasteiger charge is 2.30. The quantitative estimate of drug-likeness (QED) is 0.649. The van der Waals surface area contributed by atoms with Crippen molar-refractivity contribution in [2.75, 3.05) is 5.32 Å². The zero-order chi connectivity index (χ0) is 11.2. The Morgan fingerprint density at radius 3 is 2.67 bits per heavy atom. The number of carbonyl (C=O) groups is 2. The van der Waals surface area contributed by atoms with E-state index in [9.17, 15) is 9.59 Å². The summed E-state index contributed by atoms with van der Waals surface area (Å²) in [5, 5.41) is 2.69. The maximum atomic E-state index is 11.5. The Hall–Kier alpha value is -1.65. The Morgan fingerprint density at radius 2 is 2.07 bits per heavy atom. The lowest BCUT2D eigenvalue weighted by atomic mass is 10.1. The van der Waals surface area contributed by atoms with E-state index in [0.717, 1.165) is 0 Å². The summed E-state index contributed by atoms with van der Waals surface area (Å²) in [6.07, 6.45) is 1.49. The van der Waals surface area contributed by atoms with Gasteiger partial charge in [-0.25, -0.2) is 4.98 Å². The number of nitrogens with zero attached hydrogens (tertiary/aromatic N) is 2. The molecule has 0 aliphatic carbocycles. The number of aromatic nitrogens is 2. The van der Waals surface area contributed by atoms with Gasteiger partial charge in [0, 0.05) is 5.54 Å². The molecule has 1 aliphatic rings. The molecular formula is C10H13N3O2. The summed E-state index contributed by atoms with van der Waals surface area (Å²) in [7, 11) is 0. The van der Waals surface area contributed by atoms with Gasteiger partial charge in [-0.15, -0.1) is 0 Å². The number of hydrogen-bond donors (Lipinski definition) is 1. The van der Waals surface area contributed by atoms with Crippen LogP contribution in [0.4, 0.5) is 5.82 Å². The summed E-state index contributed by atoms with van der Waals surface area (Å²) in [5.74, 6) is 0.0407. The lowest BCUT2D eigenvalue weighted by Crippen LogP contribution is -2.29. The van der Waals surface area contributed by atoms with E-state index in [2.05, 4.69) is 10.3 Å². The lowest BCUT2D eigenvalue weighted by Gasteiger charge is -2.25. The molecule has 5 heteroatoms. The van der Waals surface area contributed by atoms with Crippen LogP contribution in [0.15, 0.2) is 6.33 Å². The van der Waals surface area contributed by atoms with Crippen LogP contribution in [0.2, 0.25) is 0 Å². The molecule has 0 spiro atoms. The highest BCUT2D eigenvalue weighted by Crippen LogP contribution is 2.27. The van der Waals surface area contributed by atoms with Crippen LogP contribution in [0.1, 0.15) is 37.7 Å². The molecule has 1 aromatic rings. The molecule has 0 bridgehead atoms. The molecule has 1 aromatic heterocycles. The van der Waals surface area contributed by atoms with Crippen molar-refractivity contribution in [1.29, 1.82) is 0 Å². The highest BCUT2D eigenvalue weighted by molar-refractivity contribution is 6.17. The first kappa shape index (κ1) is 9.89. The second-order valence-corrected chi connectivity index (χ2v) is 4.63. The van der Waals surface area contributed by atoms with Gasteiger partial charge in [0.25, 0.3) is 0 Å². The number of anilines is 1. The van der Waals surface area contributed by atoms with Crippen LogP contribution < -0.4 is 5.32 Å². The second kappa shape index (κ2) is 2.92. The molecular weight excluding hydrogens is 194 g/mol. The highest BCUT2D eigenvalue weighted by atomic mass is 16.2. The van der Waals surface area contributed by atoms with E-state index in [1.54, 1.807) is 10.9 Å². The molecule has 0 saturated heterocycles. The third kappa shape index (κ3) is 1.54. The van der Waals surface area contributed by atoms with Crippen molar-refractivity contribution >= 4 is 17.5 Å². The van der Waals surface area contributed by atoms with Crippen molar-refractivity contribution in [3.63, 3.8) is 0 Å². The first-order chi connectivity index (χ1) is 6.89. The lowest BCUT2D eigenvalue weighted by molar-refractivity contribution is -0.115. The average Bonchev–Trinajstić information content (AvgIpc) is 2.45. The number of imidazole rings is 1. The van der Waals surface area contributed by atoms with E-state index in [0.29, 0.717) is 11.5 Å². The maximum absolute atomic E-state index is 11.5. The van der Waals surface area contributed by atoms with Crippen LogP contribution in [-0.4, -0.2) is 21.2 Å². The first-order valence-electron chi connectivity index (χ1n) is 4.80. The SMILES string of the molecule is CC(C)(C)n1cnc2c1NC(=O)CC2=O. The van der Waals surface area contributed by atoms with Gasteiger partial charge in [-0.05, 0) is 20.8 Å². The molecule has 0 saturated carbocycles. The Kier molecular flexibility index (Phi) is 1.92. The Labute approximate surface area is 87.5 Å². The number of nitrogens with one attached hydrogen (secondary N) is 1. The number of amides is 1. The summed E-state index contributed by atoms with van der Waals surface area (Å²) in [6.45, 7) is 5.96. The van der Waals surface area contributed by atoms with Crippen molar-refractivity contribution in [3.05, 3.63) is 12.0 Å². The largest absolute Gasteiger partial charge is 0.311 e. The second-order valence-electron chi connectivity index (χ2n) is 4.63. The van der Waals surface area contributed by atoms with Crippen LogP contribution in [0, 0.1) is 0 Å². The van der Waals surface area contributed by atoms with Gasteiger partial charge < -0.3 is 9.88 Å². The summed E-state index contributed by atoms with van der Waals surface area (Å²) >= 11 is 0. The molecule has 0 fully saturated rings. The van der Waals surface area contributed by atoms with Crippen molar-refractivity contribution in [3.8, 4) is 0 Å². The Bertz CT molecular complexity index is 440. The summed E-state index contributed by atoms with van der Waals surface area (Å²) in [4.78, 5) is 26.8. The van der Waals surface area contributed by atoms with Crippen molar-refractivity contribution < 1.29 is 9.59 Å². The summed E-state index contributed by atoms with van der Waals surface area (Å²) in [5.41, 5.74) is 0.162. The van der Waals surface area contributed by atoms with E-state index in [1.165, 1.54) is 0 Å². The third-order valence-corrected chi connectivity index (χ3v) is 2.33. The predicted octanol–water partition coefficient (Wildman–Crippen LogP) is 1.16. The van der Waals surface area contributed by atoms with E-state index < -0.39 is 0 Å². The minimum atomic E-state index is -0.265. The van der Waals surface area contributed by atoms with Crippen LogP contribution in [-0.2, 0) is 10.3 Å². The summed E-state index contributed by atoms with van der Waals surface area (Å²) < 4.78 is 1.80. The monoisotopic (exact) mass is 207 g/mol. The van der Waals surface area contributed by atoms with E-state index in [4.69, 9.17) is 0 Å². The van der Waals surface area contributed by atoms with Gasteiger partial charge in [0.15, 0.2) is 5.78 Å². The van der Waals surface area contributed by atoms with Crippen molar-refractivity contribution in [1.82, 2.24) is 9.55 Å². The molecule has 1 aliphatic heterocycles. The first-order valence-corrected chi connectivity index (χ1v) is 4.80. The fourth-order valence-corrected chi connectivity index (χ4v) is 1.59. The fraction of sp³-hybridized carbons (Fsp3) is 0.500. The molecule has 1 amide bonds. The van der Waals surface area contributed by atoms with Gasteiger partial charge in [0.05, 0.1) is 12.7 Å². The molecule has 0 atom stereocenters. The zero-order valence-electron chi connectivity index (χ0n) is 9.00. The minimum absolute atomic E-state index is 0.103. The van der Waals surface area contributed by atoms with E-state index in [1.807, 2.05) is 20.8 Å². The van der Waals surface area contributed by atoms with Gasteiger partial charge >= 0.3 is 0 Å². The predicted molar refractivity (Wildman–Crippen MR) is 54.8 cm³/mol. The Morgan fingerprint density at radius 1 is 1.40 bits per heavy atom. The minimum Gasteiger partial charge on any atom is -0.311 e. The van der Waals surface area contributed by atoms with Crippen LogP contribution in [0.5, 0.6) is 0 Å². The zero-order valence-corrected chi connectivity index (χ0v) is 9.00. The normalized spacial score (nSPS) is 16.2. The topological polar surface area (TPSA) is 64.0 Å². The number of carbonyl (C=O) groups excluding carboxylic acids is 2. The fourth-order valence-electron chi connectivity index (χ4n) is 1.59. The number of fused-ring (bicyclic) bond motifs is 1. The molecule has 2 rings (SSSR count). The van der Waals surface area contributed by atoms with Crippen molar-refractivity contribution in [2.24, 2.45) is 0 Å². The molecule has 0 aromatic carbocycles. The molecule has 5 nitrogen and oxygen atoms in total. The van der Waals surface area contributed by atoms with Gasteiger partial charge in [-0.2, -0.15) is 0 Å². The van der Waals surface area contributed by atoms with Crippen LogP contribution in [0.3, 0.4) is 0 Å². The number of rotatable bonds is 0. The van der Waals surface area contributed by atoms with Gasteiger partial charge in [0.2, 0.25) is 5.91 Å². The smallest absolute Gasteiger partial charge is 0.233 e. The van der Waals surface area contributed by atoms with E-state index in [-0.39, 0.29) is 23.7 Å².